The van der Waals surface area contributed by atoms with E-state index in [0.717, 1.165) is 42.2 Å². The van der Waals surface area contributed by atoms with Crippen molar-refractivity contribution in [1.29, 1.82) is 0 Å². The molecular formula is C20H30N4O. The minimum atomic E-state index is -0.0641. The number of carbonyl (C=O) groups is 1. The smallest absolute Gasteiger partial charge is 0.267 e. The summed E-state index contributed by atoms with van der Waals surface area (Å²) in [5.41, 5.74) is 8.44. The highest BCUT2D eigenvalue weighted by atomic mass is 16.1. The van der Waals surface area contributed by atoms with Crippen LogP contribution < -0.4 is 16.4 Å². The first-order valence-corrected chi connectivity index (χ1v) is 9.44. The Hall–Kier alpha value is -1.85. The Morgan fingerprint density at radius 3 is 2.68 bits per heavy atom. The summed E-state index contributed by atoms with van der Waals surface area (Å²) in [5, 5.41) is 6.98. The molecule has 2 fully saturated rings. The van der Waals surface area contributed by atoms with E-state index in [1.54, 1.807) is 7.05 Å². The number of nitrogens with two attached hydrogens (primary N) is 1. The van der Waals surface area contributed by atoms with Gasteiger partial charge in [0.1, 0.15) is 5.69 Å². The second kappa shape index (κ2) is 8.50. The summed E-state index contributed by atoms with van der Waals surface area (Å²) in [6.45, 7) is 3.16. The lowest BCUT2D eigenvalue weighted by Gasteiger charge is -2.00. The number of fused-ring (bicyclic) bond motifs is 1. The predicted molar refractivity (Wildman–Crippen MR) is 103 cm³/mol. The summed E-state index contributed by atoms with van der Waals surface area (Å²) in [4.78, 5) is 14.7. The molecule has 0 bridgehead atoms. The van der Waals surface area contributed by atoms with Gasteiger partial charge in [0.05, 0.1) is 0 Å². The molecule has 5 heteroatoms. The van der Waals surface area contributed by atoms with E-state index in [-0.39, 0.29) is 5.91 Å². The lowest BCUT2D eigenvalue weighted by molar-refractivity contribution is 0.0959. The molecule has 2 heterocycles. The second-order valence-corrected chi connectivity index (χ2v) is 7.26. The number of nitrogens with one attached hydrogen (secondary N) is 3. The van der Waals surface area contributed by atoms with Crippen LogP contribution in [0.3, 0.4) is 0 Å². The second-order valence-electron chi connectivity index (χ2n) is 7.26. The van der Waals surface area contributed by atoms with Crippen LogP contribution in [0, 0.1) is 11.8 Å². The topological polar surface area (TPSA) is 82.9 Å². The first kappa shape index (κ1) is 18.0. The normalized spacial score (nSPS) is 19.5. The molecule has 1 aromatic carbocycles. The third kappa shape index (κ3) is 5.06. The fourth-order valence-corrected chi connectivity index (χ4v) is 3.28. The highest BCUT2D eigenvalue weighted by Gasteiger charge is 2.20. The summed E-state index contributed by atoms with van der Waals surface area (Å²) in [7, 11) is 1.65. The van der Waals surface area contributed by atoms with Gasteiger partial charge in [-0.1, -0.05) is 25.0 Å². The van der Waals surface area contributed by atoms with Crippen molar-refractivity contribution < 1.29 is 4.79 Å². The molecule has 2 aromatic rings. The Labute approximate surface area is 149 Å². The molecule has 1 amide bonds. The largest absolute Gasteiger partial charge is 0.354 e. The van der Waals surface area contributed by atoms with Crippen LogP contribution in [0.2, 0.25) is 0 Å². The summed E-state index contributed by atoms with van der Waals surface area (Å²) in [5.74, 6) is 1.66. The molecule has 1 aliphatic carbocycles. The van der Waals surface area contributed by atoms with Crippen LogP contribution in [-0.4, -0.2) is 37.6 Å². The zero-order chi connectivity index (χ0) is 17.6. The number of aromatic nitrogens is 1. The first-order valence-electron chi connectivity index (χ1n) is 9.44. The average molecular weight is 342 g/mol. The van der Waals surface area contributed by atoms with Crippen molar-refractivity contribution in [3.05, 3.63) is 35.5 Å². The lowest BCUT2D eigenvalue weighted by atomic mass is 10.1. The fourth-order valence-electron chi connectivity index (χ4n) is 3.28. The van der Waals surface area contributed by atoms with Gasteiger partial charge in [-0.05, 0) is 68.4 Å². The molecule has 4 rings (SSSR count). The molecule has 2 aliphatic rings. The van der Waals surface area contributed by atoms with Crippen LogP contribution in [0.4, 0.5) is 0 Å². The standard InChI is InChI=1S/C15H18N2O.C5H12N2/c1-16-15(18)14-9-12-7-6-11(8-13(12)17-14)5-4-10-2-3-10;6-3-5-1-2-7-4-5/h6-10,17H,2-5H2,1H3,(H,16,18);5,7H,1-4,6H2. The minimum Gasteiger partial charge on any atom is -0.354 e. The molecule has 1 saturated heterocycles. The maximum Gasteiger partial charge on any atom is 0.267 e. The van der Waals surface area contributed by atoms with Gasteiger partial charge < -0.3 is 21.4 Å². The molecule has 136 valence electrons. The molecule has 0 spiro atoms. The summed E-state index contributed by atoms with van der Waals surface area (Å²) in [6, 6.07) is 8.34. The van der Waals surface area contributed by atoms with E-state index in [1.807, 2.05) is 6.07 Å². The number of benzene rings is 1. The van der Waals surface area contributed by atoms with Gasteiger partial charge in [-0.15, -0.1) is 0 Å². The third-order valence-corrected chi connectivity index (χ3v) is 5.19. The van der Waals surface area contributed by atoms with Crippen molar-refractivity contribution in [3.8, 4) is 0 Å². The van der Waals surface area contributed by atoms with Crippen LogP contribution in [-0.2, 0) is 6.42 Å². The van der Waals surface area contributed by atoms with Crippen LogP contribution in [0.15, 0.2) is 24.3 Å². The number of aryl methyl sites for hydroxylation is 1. The number of amides is 1. The number of aromatic amines is 1. The van der Waals surface area contributed by atoms with Crippen LogP contribution in [0.1, 0.15) is 41.7 Å². The Morgan fingerprint density at radius 2 is 2.08 bits per heavy atom. The van der Waals surface area contributed by atoms with Crippen molar-refractivity contribution in [3.63, 3.8) is 0 Å². The highest BCUT2D eigenvalue weighted by molar-refractivity contribution is 5.97. The molecule has 5 N–H and O–H groups in total. The van der Waals surface area contributed by atoms with Gasteiger partial charge in [0.15, 0.2) is 0 Å². The molecule has 5 nitrogen and oxygen atoms in total. The zero-order valence-electron chi connectivity index (χ0n) is 15.1. The van der Waals surface area contributed by atoms with Crippen molar-refractivity contribution >= 4 is 16.8 Å². The zero-order valence-corrected chi connectivity index (χ0v) is 15.1. The van der Waals surface area contributed by atoms with Gasteiger partial charge >= 0.3 is 0 Å². The number of rotatable bonds is 5. The van der Waals surface area contributed by atoms with Crippen molar-refractivity contribution in [1.82, 2.24) is 15.6 Å². The van der Waals surface area contributed by atoms with E-state index in [1.165, 1.54) is 37.8 Å². The van der Waals surface area contributed by atoms with E-state index in [9.17, 15) is 4.79 Å². The van der Waals surface area contributed by atoms with Crippen molar-refractivity contribution in [2.24, 2.45) is 17.6 Å². The number of carbonyl (C=O) groups excluding carboxylic acids is 1. The molecule has 1 unspecified atom stereocenters. The monoisotopic (exact) mass is 342 g/mol. The summed E-state index contributed by atoms with van der Waals surface area (Å²) < 4.78 is 0. The number of H-pyrrole nitrogens is 1. The third-order valence-electron chi connectivity index (χ3n) is 5.19. The van der Waals surface area contributed by atoms with Crippen LogP contribution >= 0.6 is 0 Å². The van der Waals surface area contributed by atoms with Gasteiger partial charge in [-0.2, -0.15) is 0 Å². The highest BCUT2D eigenvalue weighted by Crippen LogP contribution is 2.33. The van der Waals surface area contributed by atoms with Crippen molar-refractivity contribution in [2.75, 3.05) is 26.7 Å². The Kier molecular flexibility index (Phi) is 6.10. The summed E-state index contributed by atoms with van der Waals surface area (Å²) in [6.07, 6.45) is 6.54. The minimum absolute atomic E-state index is 0.0641. The first-order chi connectivity index (χ1) is 12.2. The van der Waals surface area contributed by atoms with Gasteiger partial charge in [0.25, 0.3) is 5.91 Å². The molecule has 1 aliphatic heterocycles. The number of hydrogen-bond donors (Lipinski definition) is 4. The van der Waals surface area contributed by atoms with Crippen LogP contribution in [0.5, 0.6) is 0 Å². The van der Waals surface area contributed by atoms with Gasteiger partial charge in [-0.3, -0.25) is 4.79 Å². The molecule has 1 atom stereocenters. The van der Waals surface area contributed by atoms with Gasteiger partial charge in [0, 0.05) is 18.0 Å². The van der Waals surface area contributed by atoms with Crippen LogP contribution in [0.25, 0.3) is 10.9 Å². The molecule has 1 saturated carbocycles. The van der Waals surface area contributed by atoms with Gasteiger partial charge in [0.2, 0.25) is 0 Å². The molecule has 0 radical (unpaired) electrons. The van der Waals surface area contributed by atoms with E-state index in [2.05, 4.69) is 33.8 Å². The van der Waals surface area contributed by atoms with E-state index < -0.39 is 0 Å². The Balaban J connectivity index is 0.000000219. The Morgan fingerprint density at radius 1 is 1.24 bits per heavy atom. The lowest BCUT2D eigenvalue weighted by Crippen LogP contribution is -2.17. The van der Waals surface area contributed by atoms with Gasteiger partial charge in [-0.25, -0.2) is 0 Å². The molecule has 1 aromatic heterocycles. The van der Waals surface area contributed by atoms with Crippen molar-refractivity contribution in [2.45, 2.75) is 32.1 Å². The average Bonchev–Trinajstić information content (AvgIpc) is 3.14. The van der Waals surface area contributed by atoms with E-state index >= 15 is 0 Å². The van der Waals surface area contributed by atoms with E-state index in [4.69, 9.17) is 5.73 Å². The predicted octanol–water partition coefficient (Wildman–Crippen LogP) is 2.42. The number of hydrogen-bond acceptors (Lipinski definition) is 3. The summed E-state index contributed by atoms with van der Waals surface area (Å²) >= 11 is 0. The fraction of sp³-hybridized carbons (Fsp3) is 0.550. The Bertz CT molecular complexity index is 699. The maximum atomic E-state index is 11.5. The maximum absolute atomic E-state index is 11.5. The molecular weight excluding hydrogens is 312 g/mol. The molecule has 25 heavy (non-hydrogen) atoms. The quantitative estimate of drug-likeness (QED) is 0.673. The SMILES string of the molecule is CNC(=O)c1cc2ccc(CCC3CC3)cc2[nH]1.NCC1CCNC1. The van der Waals surface area contributed by atoms with E-state index in [0.29, 0.717) is 5.69 Å².